The highest BCUT2D eigenvalue weighted by Gasteiger charge is 2.24. The first kappa shape index (κ1) is 17.1. The summed E-state index contributed by atoms with van der Waals surface area (Å²) in [7, 11) is -3.74. The van der Waals surface area contributed by atoms with E-state index in [1.165, 1.54) is 11.8 Å². The molecule has 0 aliphatic carbocycles. The summed E-state index contributed by atoms with van der Waals surface area (Å²) < 4.78 is 26.7. The molecule has 1 aliphatic heterocycles. The number of fused-ring (bicyclic) bond motifs is 2. The highest BCUT2D eigenvalue weighted by Crippen LogP contribution is 2.32. The summed E-state index contributed by atoms with van der Waals surface area (Å²) in [5.41, 5.74) is 4.12. The molecule has 0 atom stereocenters. The smallest absolute Gasteiger partial charge is 0.210 e. The van der Waals surface area contributed by atoms with Crippen molar-refractivity contribution < 1.29 is 8.42 Å². The lowest BCUT2D eigenvalue weighted by Gasteiger charge is -2.13. The second-order valence-corrected chi connectivity index (χ2v) is 8.70. The summed E-state index contributed by atoms with van der Waals surface area (Å²) in [5.74, 6) is 0. The molecule has 7 heteroatoms. The van der Waals surface area contributed by atoms with E-state index in [1.807, 2.05) is 30.5 Å². The Kier molecular flexibility index (Phi) is 3.99. The standard InChI is InChI=1S/C21H18N4O2S/c26-28(27,16-11-15-3-1-2-4-18(15)24-12-16)19-7-10-23-20-17(13-25-21(19)20)14-5-8-22-9-6-14/h1-5,7,10-13,22,25H,6,8-9H2. The van der Waals surface area contributed by atoms with E-state index in [0.717, 1.165) is 36.0 Å². The Morgan fingerprint density at radius 3 is 2.82 bits per heavy atom. The molecular formula is C21H18N4O2S. The quantitative estimate of drug-likeness (QED) is 0.560. The van der Waals surface area contributed by atoms with E-state index in [-0.39, 0.29) is 9.79 Å². The van der Waals surface area contributed by atoms with Crippen molar-refractivity contribution in [1.82, 2.24) is 20.3 Å². The van der Waals surface area contributed by atoms with Gasteiger partial charge >= 0.3 is 0 Å². The fraction of sp³-hybridized carbons (Fsp3) is 0.143. The van der Waals surface area contributed by atoms with Crippen LogP contribution in [0.25, 0.3) is 27.5 Å². The molecule has 0 fully saturated rings. The van der Waals surface area contributed by atoms with Crippen LogP contribution in [0.3, 0.4) is 0 Å². The summed E-state index contributed by atoms with van der Waals surface area (Å²) >= 11 is 0. The number of hydrogen-bond acceptors (Lipinski definition) is 5. The number of sulfone groups is 1. The third-order valence-electron chi connectivity index (χ3n) is 5.10. The Hall–Kier alpha value is -3.03. The number of para-hydroxylation sites is 1. The summed E-state index contributed by atoms with van der Waals surface area (Å²) in [4.78, 5) is 12.3. The van der Waals surface area contributed by atoms with E-state index < -0.39 is 9.84 Å². The zero-order valence-electron chi connectivity index (χ0n) is 15.0. The zero-order valence-corrected chi connectivity index (χ0v) is 15.8. The first-order valence-electron chi connectivity index (χ1n) is 9.11. The zero-order chi connectivity index (χ0) is 19.1. The van der Waals surface area contributed by atoms with Gasteiger partial charge in [0.25, 0.3) is 0 Å². The third kappa shape index (κ3) is 2.71. The lowest BCUT2D eigenvalue weighted by atomic mass is 10.0. The first-order valence-corrected chi connectivity index (χ1v) is 10.6. The predicted octanol–water partition coefficient (Wildman–Crippen LogP) is 3.32. The molecule has 0 unspecified atom stereocenters. The molecule has 6 nitrogen and oxygen atoms in total. The molecule has 0 saturated heterocycles. The SMILES string of the molecule is O=S(=O)(c1cnc2ccccc2c1)c1ccnc2c(C3=CCNCC3)c[nH]c12. The molecule has 4 heterocycles. The Bertz CT molecular complexity index is 1340. The van der Waals surface area contributed by atoms with Gasteiger partial charge in [0, 0.05) is 36.1 Å². The van der Waals surface area contributed by atoms with E-state index in [1.54, 1.807) is 18.3 Å². The molecular weight excluding hydrogens is 372 g/mol. The van der Waals surface area contributed by atoms with Gasteiger partial charge in [0.2, 0.25) is 9.84 Å². The molecule has 4 aromatic rings. The van der Waals surface area contributed by atoms with Crippen molar-refractivity contribution in [3.05, 3.63) is 66.6 Å². The van der Waals surface area contributed by atoms with Gasteiger partial charge in [0.15, 0.2) is 0 Å². The summed E-state index contributed by atoms with van der Waals surface area (Å²) in [6, 6.07) is 10.7. The number of rotatable bonds is 3. The summed E-state index contributed by atoms with van der Waals surface area (Å²) in [5, 5.41) is 4.08. The van der Waals surface area contributed by atoms with E-state index in [4.69, 9.17) is 0 Å². The molecule has 28 heavy (non-hydrogen) atoms. The molecule has 0 saturated carbocycles. The third-order valence-corrected chi connectivity index (χ3v) is 6.87. The number of benzene rings is 1. The first-order chi connectivity index (χ1) is 13.6. The van der Waals surface area contributed by atoms with Crippen molar-refractivity contribution >= 4 is 37.3 Å². The number of H-pyrrole nitrogens is 1. The van der Waals surface area contributed by atoms with Crippen molar-refractivity contribution in [2.75, 3.05) is 13.1 Å². The van der Waals surface area contributed by atoms with Crippen LogP contribution in [-0.4, -0.2) is 36.5 Å². The van der Waals surface area contributed by atoms with Crippen LogP contribution in [0, 0.1) is 0 Å². The van der Waals surface area contributed by atoms with Gasteiger partial charge in [-0.25, -0.2) is 8.42 Å². The minimum absolute atomic E-state index is 0.177. The van der Waals surface area contributed by atoms with Crippen molar-refractivity contribution in [2.45, 2.75) is 16.2 Å². The van der Waals surface area contributed by atoms with Crippen LogP contribution in [0.4, 0.5) is 0 Å². The highest BCUT2D eigenvalue weighted by atomic mass is 32.2. The minimum atomic E-state index is -3.74. The van der Waals surface area contributed by atoms with Gasteiger partial charge < -0.3 is 10.3 Å². The molecule has 1 aromatic carbocycles. The van der Waals surface area contributed by atoms with Crippen molar-refractivity contribution in [3.63, 3.8) is 0 Å². The molecule has 2 N–H and O–H groups in total. The second-order valence-electron chi connectivity index (χ2n) is 6.79. The van der Waals surface area contributed by atoms with Gasteiger partial charge in [0.05, 0.1) is 26.3 Å². The van der Waals surface area contributed by atoms with Gasteiger partial charge in [0.1, 0.15) is 0 Å². The van der Waals surface area contributed by atoms with Crippen LogP contribution >= 0.6 is 0 Å². The molecule has 1 aliphatic rings. The monoisotopic (exact) mass is 390 g/mol. The maximum Gasteiger partial charge on any atom is 0.210 e. The Morgan fingerprint density at radius 2 is 1.96 bits per heavy atom. The molecule has 140 valence electrons. The number of hydrogen-bond donors (Lipinski definition) is 2. The predicted molar refractivity (Wildman–Crippen MR) is 109 cm³/mol. The van der Waals surface area contributed by atoms with Gasteiger partial charge in [-0.1, -0.05) is 24.3 Å². The average Bonchev–Trinajstić information content (AvgIpc) is 3.18. The Balaban J connectivity index is 1.67. The molecule has 0 radical (unpaired) electrons. The van der Waals surface area contributed by atoms with Crippen LogP contribution < -0.4 is 5.32 Å². The van der Waals surface area contributed by atoms with Crippen molar-refractivity contribution in [1.29, 1.82) is 0 Å². The highest BCUT2D eigenvalue weighted by molar-refractivity contribution is 7.91. The van der Waals surface area contributed by atoms with Gasteiger partial charge in [-0.2, -0.15) is 0 Å². The molecule has 3 aromatic heterocycles. The lowest BCUT2D eigenvalue weighted by Crippen LogP contribution is -2.19. The maximum atomic E-state index is 13.4. The molecule has 0 spiro atoms. The van der Waals surface area contributed by atoms with E-state index in [9.17, 15) is 8.42 Å². The van der Waals surface area contributed by atoms with Gasteiger partial charge in [-0.3, -0.25) is 9.97 Å². The number of aromatic amines is 1. The second kappa shape index (κ2) is 6.54. The number of nitrogens with one attached hydrogen (secondary N) is 2. The Labute approximate surface area is 162 Å². The van der Waals surface area contributed by atoms with E-state index in [0.29, 0.717) is 11.0 Å². The fourth-order valence-electron chi connectivity index (χ4n) is 3.66. The normalized spacial score (nSPS) is 15.1. The summed E-state index contributed by atoms with van der Waals surface area (Å²) in [6.45, 7) is 1.71. The van der Waals surface area contributed by atoms with Gasteiger partial charge in [-0.15, -0.1) is 0 Å². The molecule has 5 rings (SSSR count). The maximum absolute atomic E-state index is 13.4. The molecule has 0 amide bonds. The van der Waals surface area contributed by atoms with Crippen molar-refractivity contribution in [2.24, 2.45) is 0 Å². The van der Waals surface area contributed by atoms with Crippen LogP contribution in [0.2, 0.25) is 0 Å². The summed E-state index contributed by atoms with van der Waals surface area (Å²) in [6.07, 6.45) is 7.85. The topological polar surface area (TPSA) is 87.7 Å². The van der Waals surface area contributed by atoms with Gasteiger partial charge in [-0.05, 0) is 36.7 Å². The fourth-order valence-corrected chi connectivity index (χ4v) is 5.05. The van der Waals surface area contributed by atoms with Crippen LogP contribution in [0.1, 0.15) is 12.0 Å². The van der Waals surface area contributed by atoms with Crippen molar-refractivity contribution in [3.8, 4) is 0 Å². The lowest BCUT2D eigenvalue weighted by molar-refractivity contribution is 0.596. The largest absolute Gasteiger partial charge is 0.358 e. The number of nitrogens with zero attached hydrogens (tertiary/aromatic N) is 2. The van der Waals surface area contributed by atoms with E-state index >= 15 is 0 Å². The Morgan fingerprint density at radius 1 is 1.07 bits per heavy atom. The molecule has 0 bridgehead atoms. The number of aromatic nitrogens is 3. The van der Waals surface area contributed by atoms with Crippen LogP contribution in [-0.2, 0) is 9.84 Å². The van der Waals surface area contributed by atoms with Crippen LogP contribution in [0.15, 0.2) is 70.9 Å². The average molecular weight is 390 g/mol. The van der Waals surface area contributed by atoms with E-state index in [2.05, 4.69) is 26.3 Å². The van der Waals surface area contributed by atoms with Crippen LogP contribution in [0.5, 0.6) is 0 Å². The minimum Gasteiger partial charge on any atom is -0.358 e. The number of pyridine rings is 2.